The molecule has 0 aliphatic heterocycles. The molecule has 0 spiro atoms. The zero-order valence-electron chi connectivity index (χ0n) is 37.8. The molecule has 0 aliphatic carbocycles. The number of para-hydroxylation sites is 5. The second-order valence-corrected chi connectivity index (χ2v) is 17.8. The number of aromatic nitrogens is 2. The highest BCUT2D eigenvalue weighted by Crippen LogP contribution is 2.39. The van der Waals surface area contributed by atoms with Gasteiger partial charge in [-0.15, -0.1) is 0 Å². The highest BCUT2D eigenvalue weighted by Gasteiger charge is 2.16. The number of anilines is 3. The van der Waals surface area contributed by atoms with E-state index in [1.54, 1.807) is 0 Å². The Morgan fingerprint density at radius 3 is 0.696 bits per heavy atom. The topological polar surface area (TPSA) is 13.1 Å². The van der Waals surface area contributed by atoms with E-state index in [-0.39, 0.29) is 0 Å². The van der Waals surface area contributed by atoms with Gasteiger partial charge in [-0.25, -0.2) is 0 Å². The fourth-order valence-corrected chi connectivity index (χ4v) is 10.3. The summed E-state index contributed by atoms with van der Waals surface area (Å²) in [6.07, 6.45) is 0. The lowest BCUT2D eigenvalue weighted by Crippen LogP contribution is -2.09. The van der Waals surface area contributed by atoms with Gasteiger partial charge in [0.05, 0.1) is 22.1 Å². The average Bonchev–Trinajstić information content (AvgIpc) is 3.95. The fourth-order valence-electron chi connectivity index (χ4n) is 10.3. The van der Waals surface area contributed by atoms with Crippen molar-refractivity contribution in [3.8, 4) is 55.9 Å². The highest BCUT2D eigenvalue weighted by molar-refractivity contribution is 6.10. The summed E-state index contributed by atoms with van der Waals surface area (Å²) >= 11 is 0. The first kappa shape index (κ1) is 40.1. The summed E-state index contributed by atoms with van der Waals surface area (Å²) in [5.74, 6) is 0. The summed E-state index contributed by atoms with van der Waals surface area (Å²) in [7, 11) is 0. The van der Waals surface area contributed by atoms with Crippen molar-refractivity contribution in [2.75, 3.05) is 4.90 Å². The van der Waals surface area contributed by atoms with Crippen molar-refractivity contribution in [2.24, 2.45) is 0 Å². The molecule has 0 saturated carbocycles. The Labute approximate surface area is 401 Å². The monoisotopic (exact) mass is 879 g/mol. The van der Waals surface area contributed by atoms with Crippen LogP contribution in [0.4, 0.5) is 17.1 Å². The van der Waals surface area contributed by atoms with Crippen LogP contribution in [0.15, 0.2) is 273 Å². The molecule has 13 aromatic rings. The number of benzene rings is 11. The van der Waals surface area contributed by atoms with E-state index in [2.05, 4.69) is 287 Å². The van der Waals surface area contributed by atoms with Gasteiger partial charge >= 0.3 is 0 Å². The van der Waals surface area contributed by atoms with Crippen molar-refractivity contribution < 1.29 is 0 Å². The molecule has 13 rings (SSSR count). The molecule has 11 aromatic carbocycles. The second-order valence-electron chi connectivity index (χ2n) is 17.8. The van der Waals surface area contributed by atoms with E-state index in [0.29, 0.717) is 0 Å². The molecule has 324 valence electrons. The molecule has 0 aliphatic rings. The predicted octanol–water partition coefficient (Wildman–Crippen LogP) is 18.0. The SMILES string of the molecule is c1ccc(N(c2ccc(-c3ccc(-c4ccc(-n5c6ccccc6c6ccccc65)cc4)cc3)cc2)c2ccc(-c3ccc(-c4ccc(-n5c6ccccc6c6ccccc65)cc4)cc3)cc2)cc1. The lowest BCUT2D eigenvalue weighted by atomic mass is 9.99. The van der Waals surface area contributed by atoms with Crippen LogP contribution in [0.5, 0.6) is 0 Å². The van der Waals surface area contributed by atoms with E-state index < -0.39 is 0 Å². The third-order valence-corrected chi connectivity index (χ3v) is 13.8. The van der Waals surface area contributed by atoms with Crippen molar-refractivity contribution in [3.05, 3.63) is 273 Å². The molecule has 2 heterocycles. The fraction of sp³-hybridized carbons (Fsp3) is 0. The van der Waals surface area contributed by atoms with Crippen molar-refractivity contribution in [1.29, 1.82) is 0 Å². The maximum absolute atomic E-state index is 2.36. The normalized spacial score (nSPS) is 11.5. The molecule has 69 heavy (non-hydrogen) atoms. The minimum Gasteiger partial charge on any atom is -0.311 e. The first-order valence-corrected chi connectivity index (χ1v) is 23.7. The van der Waals surface area contributed by atoms with Crippen molar-refractivity contribution in [2.45, 2.75) is 0 Å². The lowest BCUT2D eigenvalue weighted by molar-refractivity contribution is 1.18. The molecular formula is C66H45N3. The first-order chi connectivity index (χ1) is 34.2. The summed E-state index contributed by atoms with van der Waals surface area (Å²) in [6.45, 7) is 0. The number of fused-ring (bicyclic) bond motifs is 6. The van der Waals surface area contributed by atoms with Gasteiger partial charge in [-0.05, 0) is 129 Å². The van der Waals surface area contributed by atoms with Gasteiger partial charge in [0, 0.05) is 50.0 Å². The maximum atomic E-state index is 2.36. The summed E-state index contributed by atoms with van der Waals surface area (Å²) in [6, 6.07) is 98.8. The Balaban J connectivity index is 0.722. The predicted molar refractivity (Wildman–Crippen MR) is 292 cm³/mol. The quantitative estimate of drug-likeness (QED) is 0.141. The van der Waals surface area contributed by atoms with Crippen molar-refractivity contribution >= 4 is 60.7 Å². The van der Waals surface area contributed by atoms with Gasteiger partial charge in [0.15, 0.2) is 0 Å². The van der Waals surface area contributed by atoms with Crippen LogP contribution < -0.4 is 4.90 Å². The lowest BCUT2D eigenvalue weighted by Gasteiger charge is -2.26. The van der Waals surface area contributed by atoms with E-state index in [4.69, 9.17) is 0 Å². The minimum absolute atomic E-state index is 1.10. The zero-order chi connectivity index (χ0) is 45.7. The molecule has 0 saturated heterocycles. The van der Waals surface area contributed by atoms with Crippen molar-refractivity contribution in [3.63, 3.8) is 0 Å². The summed E-state index contributed by atoms with van der Waals surface area (Å²) in [4.78, 5) is 2.33. The van der Waals surface area contributed by atoms with E-state index in [9.17, 15) is 0 Å². The molecule has 0 N–H and O–H groups in total. The third-order valence-electron chi connectivity index (χ3n) is 13.8. The summed E-state index contributed by atoms with van der Waals surface area (Å²) in [5.41, 5.74) is 20.0. The molecule has 0 fully saturated rings. The van der Waals surface area contributed by atoms with Gasteiger partial charge < -0.3 is 14.0 Å². The van der Waals surface area contributed by atoms with Gasteiger partial charge in [-0.1, -0.05) is 188 Å². The van der Waals surface area contributed by atoms with Gasteiger partial charge in [0.1, 0.15) is 0 Å². The summed E-state index contributed by atoms with van der Waals surface area (Å²) in [5, 5.41) is 5.10. The standard InChI is InChI=1S/C66H45N3/c1-2-12-54(13-3-1)67(55-38-30-50(31-39-55)46-22-26-48(27-23-46)52-34-42-57(43-35-52)68-63-18-8-4-14-59(63)60-15-5-9-19-64(60)68)56-40-32-51(33-41-56)47-24-28-49(29-25-47)53-36-44-58(45-37-53)69-65-20-10-6-16-61(65)62-17-7-11-21-66(62)69/h1-45H. The van der Waals surface area contributed by atoms with Gasteiger partial charge in [-0.3, -0.25) is 0 Å². The Bertz CT molecular complexity index is 3590. The minimum atomic E-state index is 1.10. The Hall–Kier alpha value is -9.18. The summed E-state index contributed by atoms with van der Waals surface area (Å²) < 4.78 is 4.73. The van der Waals surface area contributed by atoms with Crippen LogP contribution in [0.2, 0.25) is 0 Å². The molecule has 0 bridgehead atoms. The van der Waals surface area contributed by atoms with Crippen molar-refractivity contribution in [1.82, 2.24) is 9.13 Å². The van der Waals surface area contributed by atoms with Gasteiger partial charge in [-0.2, -0.15) is 0 Å². The number of hydrogen-bond acceptors (Lipinski definition) is 1. The molecule has 3 heteroatoms. The second kappa shape index (κ2) is 16.9. The molecular weight excluding hydrogens is 835 g/mol. The molecule has 3 nitrogen and oxygen atoms in total. The maximum Gasteiger partial charge on any atom is 0.0541 e. The van der Waals surface area contributed by atoms with Crippen LogP contribution in [0.25, 0.3) is 99.5 Å². The van der Waals surface area contributed by atoms with Crippen LogP contribution in [0.3, 0.4) is 0 Å². The van der Waals surface area contributed by atoms with Gasteiger partial charge in [0.25, 0.3) is 0 Å². The Morgan fingerprint density at radius 1 is 0.188 bits per heavy atom. The van der Waals surface area contributed by atoms with E-state index in [1.807, 2.05) is 0 Å². The van der Waals surface area contributed by atoms with Crippen LogP contribution in [-0.2, 0) is 0 Å². The van der Waals surface area contributed by atoms with Crippen LogP contribution >= 0.6 is 0 Å². The van der Waals surface area contributed by atoms with E-state index >= 15 is 0 Å². The molecule has 0 atom stereocenters. The molecule has 0 unspecified atom stereocenters. The largest absolute Gasteiger partial charge is 0.311 e. The van der Waals surface area contributed by atoms with E-state index in [0.717, 1.165) is 28.4 Å². The highest BCUT2D eigenvalue weighted by atomic mass is 15.1. The zero-order valence-corrected chi connectivity index (χ0v) is 37.8. The smallest absolute Gasteiger partial charge is 0.0541 e. The van der Waals surface area contributed by atoms with Gasteiger partial charge in [0.2, 0.25) is 0 Å². The Kier molecular flexibility index (Phi) is 9.84. The molecule has 0 amide bonds. The number of hydrogen-bond donors (Lipinski definition) is 0. The first-order valence-electron chi connectivity index (χ1n) is 23.7. The average molecular weight is 880 g/mol. The number of rotatable bonds is 9. The molecule has 2 aromatic heterocycles. The van der Waals surface area contributed by atoms with Crippen LogP contribution in [0.1, 0.15) is 0 Å². The van der Waals surface area contributed by atoms with Crippen LogP contribution in [0, 0.1) is 0 Å². The molecule has 0 radical (unpaired) electrons. The number of nitrogens with zero attached hydrogens (tertiary/aromatic N) is 3. The third kappa shape index (κ3) is 7.16. The van der Waals surface area contributed by atoms with E-state index in [1.165, 1.54) is 88.1 Å². The van der Waals surface area contributed by atoms with Crippen LogP contribution in [-0.4, -0.2) is 9.13 Å². The Morgan fingerprint density at radius 2 is 0.406 bits per heavy atom.